The third kappa shape index (κ3) is 8.59. The molecule has 5 heteroatoms. The lowest BCUT2D eigenvalue weighted by atomic mass is 10.2. The predicted molar refractivity (Wildman–Crippen MR) is 68.7 cm³/mol. The fraction of sp³-hybridized carbons (Fsp3) is 0.500. The normalized spacial score (nSPS) is 17.3. The first kappa shape index (κ1) is 13.9. The molecule has 3 rings (SSSR count). The number of ether oxygens (including phenoxy) is 1. The average Bonchev–Trinajstić information content (AvgIpc) is 3.07. The zero-order valence-corrected chi connectivity index (χ0v) is 10.6. The second-order valence-electron chi connectivity index (χ2n) is 3.55. The van der Waals surface area contributed by atoms with Crippen LogP contribution in [0.25, 0.3) is 0 Å². The van der Waals surface area contributed by atoms with Crippen LogP contribution in [0.4, 0.5) is 0 Å². The van der Waals surface area contributed by atoms with Gasteiger partial charge >= 0.3 is 5.97 Å². The molecule has 0 aromatic carbocycles. The molecule has 3 heterocycles. The molecule has 2 aliphatic rings. The number of carbonyl (C=O) groups is 1. The minimum atomic E-state index is -0.157. The van der Waals surface area contributed by atoms with Crippen molar-refractivity contribution in [2.45, 2.75) is 25.7 Å². The van der Waals surface area contributed by atoms with Gasteiger partial charge in [0.2, 0.25) is 0 Å². The molecule has 1 aromatic rings. The van der Waals surface area contributed by atoms with Crippen molar-refractivity contribution < 1.29 is 9.53 Å². The Bertz CT molecular complexity index is 270. The highest BCUT2D eigenvalue weighted by atomic mass is 32.1. The molecule has 17 heavy (non-hydrogen) atoms. The van der Waals surface area contributed by atoms with Crippen LogP contribution < -0.4 is 5.32 Å². The van der Waals surface area contributed by atoms with Gasteiger partial charge in [0.25, 0.3) is 0 Å². The summed E-state index contributed by atoms with van der Waals surface area (Å²) in [6, 6.07) is 0. The van der Waals surface area contributed by atoms with Gasteiger partial charge in [-0.15, -0.1) is 11.3 Å². The van der Waals surface area contributed by atoms with Gasteiger partial charge in [0.15, 0.2) is 0 Å². The number of thiazole rings is 1. The Labute approximate surface area is 106 Å². The van der Waals surface area contributed by atoms with Crippen LogP contribution in [0.1, 0.15) is 25.7 Å². The predicted octanol–water partition coefficient (Wildman–Crippen LogP) is 2.35. The van der Waals surface area contributed by atoms with E-state index in [2.05, 4.69) is 15.0 Å². The van der Waals surface area contributed by atoms with Crippen molar-refractivity contribution in [3.63, 3.8) is 0 Å². The molecular weight excluding hydrogens is 236 g/mol. The second-order valence-corrected chi connectivity index (χ2v) is 4.31. The molecule has 0 saturated carbocycles. The number of aromatic nitrogens is 1. The van der Waals surface area contributed by atoms with Crippen molar-refractivity contribution in [2.24, 2.45) is 0 Å². The van der Waals surface area contributed by atoms with Crippen LogP contribution in [0.2, 0.25) is 0 Å². The van der Waals surface area contributed by atoms with Gasteiger partial charge in [-0.2, -0.15) is 0 Å². The van der Waals surface area contributed by atoms with E-state index in [4.69, 9.17) is 0 Å². The van der Waals surface area contributed by atoms with Crippen molar-refractivity contribution in [1.29, 1.82) is 0 Å². The summed E-state index contributed by atoms with van der Waals surface area (Å²) >= 11 is 1.60. The van der Waals surface area contributed by atoms with Gasteiger partial charge in [-0.05, 0) is 32.0 Å². The van der Waals surface area contributed by atoms with Gasteiger partial charge in [0.1, 0.15) is 0 Å². The number of piperidine rings is 1. The molecule has 1 saturated heterocycles. The molecule has 0 aliphatic carbocycles. The van der Waals surface area contributed by atoms with Crippen LogP contribution in [0.5, 0.6) is 0 Å². The van der Waals surface area contributed by atoms with Crippen molar-refractivity contribution >= 4 is 17.3 Å². The summed E-state index contributed by atoms with van der Waals surface area (Å²) in [4.78, 5) is 13.7. The molecule has 2 aliphatic heterocycles. The zero-order chi connectivity index (χ0) is 12.2. The summed E-state index contributed by atoms with van der Waals surface area (Å²) in [5.74, 6) is -0.157. The number of esters is 1. The van der Waals surface area contributed by atoms with Crippen molar-refractivity contribution in [2.75, 3.05) is 13.1 Å². The molecule has 4 nitrogen and oxygen atoms in total. The van der Waals surface area contributed by atoms with Crippen LogP contribution in [0.3, 0.4) is 0 Å². The van der Waals surface area contributed by atoms with Gasteiger partial charge < -0.3 is 10.1 Å². The van der Waals surface area contributed by atoms with Gasteiger partial charge in [0, 0.05) is 11.6 Å². The Morgan fingerprint density at radius 1 is 1.29 bits per heavy atom. The third-order valence-electron chi connectivity index (χ3n) is 2.13. The van der Waals surface area contributed by atoms with Crippen molar-refractivity contribution in [3.8, 4) is 0 Å². The maximum absolute atomic E-state index is 9.96. The van der Waals surface area contributed by atoms with E-state index in [1.165, 1.54) is 38.6 Å². The van der Waals surface area contributed by atoms with E-state index in [0.717, 1.165) is 0 Å². The lowest BCUT2D eigenvalue weighted by molar-refractivity contribution is -0.135. The summed E-state index contributed by atoms with van der Waals surface area (Å²) in [5, 5.41) is 5.22. The Morgan fingerprint density at radius 3 is 2.29 bits per heavy atom. The smallest absolute Gasteiger partial charge is 0.314 e. The average molecular weight is 254 g/mol. The lowest BCUT2D eigenvalue weighted by Gasteiger charge is -2.08. The van der Waals surface area contributed by atoms with Gasteiger partial charge in [-0.3, -0.25) is 9.78 Å². The number of nitrogens with zero attached hydrogens (tertiary/aromatic N) is 1. The number of hydrogen-bond acceptors (Lipinski definition) is 5. The second kappa shape index (κ2) is 9.99. The Hall–Kier alpha value is -1.20. The third-order valence-corrected chi connectivity index (χ3v) is 2.66. The summed E-state index contributed by atoms with van der Waals surface area (Å²) in [6.45, 7) is 2.50. The Kier molecular flexibility index (Phi) is 8.14. The van der Waals surface area contributed by atoms with Crippen LogP contribution in [-0.2, 0) is 9.53 Å². The molecule has 0 amide bonds. The maximum atomic E-state index is 9.96. The summed E-state index contributed by atoms with van der Waals surface area (Å²) in [7, 11) is 0. The maximum Gasteiger partial charge on any atom is 0.314 e. The first-order chi connectivity index (χ1) is 8.39. The minimum Gasteiger partial charge on any atom is -0.435 e. The van der Waals surface area contributed by atoms with E-state index < -0.39 is 0 Å². The molecule has 0 bridgehead atoms. The van der Waals surface area contributed by atoms with E-state index in [0.29, 0.717) is 6.42 Å². The topological polar surface area (TPSA) is 51.2 Å². The minimum absolute atomic E-state index is 0.157. The summed E-state index contributed by atoms with van der Waals surface area (Å²) in [5.41, 5.74) is 1.79. The molecule has 0 spiro atoms. The highest BCUT2D eigenvalue weighted by molar-refractivity contribution is 7.07. The standard InChI is InChI=1S/C5H11N.C4H4O2.C3H3NS/c1-2-4-6-5-3-1;5-4-2-1-3-6-4;1-2-5-3-4-1/h6H,1-5H2;1,3H,2H2;1-3H. The van der Waals surface area contributed by atoms with Gasteiger partial charge in [0.05, 0.1) is 18.2 Å². The van der Waals surface area contributed by atoms with Crippen LogP contribution in [-0.4, -0.2) is 24.0 Å². The highest BCUT2D eigenvalue weighted by Gasteiger charge is 2.00. The molecule has 94 valence electrons. The lowest BCUT2D eigenvalue weighted by Crippen LogP contribution is -2.21. The van der Waals surface area contributed by atoms with Gasteiger partial charge in [-0.1, -0.05) is 6.42 Å². The molecule has 1 N–H and O–H groups in total. The zero-order valence-electron chi connectivity index (χ0n) is 9.80. The largest absolute Gasteiger partial charge is 0.435 e. The fourth-order valence-electron chi connectivity index (χ4n) is 1.29. The molecule has 0 unspecified atom stereocenters. The number of hydrogen-bond donors (Lipinski definition) is 1. The first-order valence-electron chi connectivity index (χ1n) is 5.77. The van der Waals surface area contributed by atoms with E-state index >= 15 is 0 Å². The highest BCUT2D eigenvalue weighted by Crippen LogP contribution is 1.97. The number of cyclic esters (lactones) is 1. The fourth-order valence-corrected chi connectivity index (χ4v) is 1.65. The number of nitrogens with one attached hydrogen (secondary N) is 1. The number of carbonyl (C=O) groups excluding carboxylic acids is 1. The SMILES string of the molecule is C1CCNCC1.O=C1CC=CO1.c1cscn1. The van der Waals surface area contributed by atoms with Crippen LogP contribution in [0.15, 0.2) is 29.4 Å². The summed E-state index contributed by atoms with van der Waals surface area (Å²) < 4.78 is 4.33. The molecule has 0 radical (unpaired) electrons. The van der Waals surface area contributed by atoms with Crippen molar-refractivity contribution in [1.82, 2.24) is 10.3 Å². The van der Waals surface area contributed by atoms with Crippen molar-refractivity contribution in [3.05, 3.63) is 29.4 Å². The Balaban J connectivity index is 0.000000128. The van der Waals surface area contributed by atoms with E-state index in [1.807, 2.05) is 5.38 Å². The molecule has 0 atom stereocenters. The van der Waals surface area contributed by atoms with E-state index in [-0.39, 0.29) is 5.97 Å². The van der Waals surface area contributed by atoms with Crippen LogP contribution in [0, 0.1) is 0 Å². The number of rotatable bonds is 0. The van der Waals surface area contributed by atoms with Gasteiger partial charge in [-0.25, -0.2) is 0 Å². The quantitative estimate of drug-likeness (QED) is 0.722. The summed E-state index contributed by atoms with van der Waals surface area (Å²) in [6.07, 6.45) is 9.52. The van der Waals surface area contributed by atoms with Crippen LogP contribution >= 0.6 is 11.3 Å². The Morgan fingerprint density at radius 2 is 2.12 bits per heavy atom. The molecule has 1 fully saturated rings. The monoisotopic (exact) mass is 254 g/mol. The molecular formula is C12H18N2O2S. The van der Waals surface area contributed by atoms with E-state index in [1.54, 1.807) is 29.1 Å². The van der Waals surface area contributed by atoms with E-state index in [9.17, 15) is 4.79 Å². The molecule has 1 aromatic heterocycles. The first-order valence-corrected chi connectivity index (χ1v) is 6.71.